The molecule has 0 bridgehead atoms. The summed E-state index contributed by atoms with van der Waals surface area (Å²) in [4.78, 5) is 4.29. The Kier molecular flexibility index (Phi) is 4.42. The van der Waals surface area contributed by atoms with Gasteiger partial charge in [-0.05, 0) is 30.9 Å². The lowest BCUT2D eigenvalue weighted by Crippen LogP contribution is -2.43. The minimum Gasteiger partial charge on any atom is -0.495 e. The number of hydrogen-bond acceptors (Lipinski definition) is 4. The highest BCUT2D eigenvalue weighted by atomic mass is 16.5. The maximum Gasteiger partial charge on any atom is 0.143 e. The Morgan fingerprint density at radius 2 is 2.26 bits per heavy atom. The Balaban J connectivity index is 2.32. The van der Waals surface area contributed by atoms with Crippen LogP contribution in [-0.4, -0.2) is 29.9 Å². The van der Waals surface area contributed by atoms with Crippen LogP contribution in [0, 0.1) is 5.92 Å². The fraction of sp³-hybridized carbons (Fsp3) is 0.667. The van der Waals surface area contributed by atoms with Crippen LogP contribution in [-0.2, 0) is 4.74 Å². The molecule has 19 heavy (non-hydrogen) atoms. The molecule has 0 radical (unpaired) electrons. The third-order valence-corrected chi connectivity index (χ3v) is 4.17. The van der Waals surface area contributed by atoms with Gasteiger partial charge in [-0.1, -0.05) is 19.8 Å². The van der Waals surface area contributed by atoms with Gasteiger partial charge < -0.3 is 14.6 Å². The molecule has 3 unspecified atom stereocenters. The van der Waals surface area contributed by atoms with Gasteiger partial charge in [0.2, 0.25) is 0 Å². The Labute approximate surface area is 114 Å². The molecule has 1 heterocycles. The van der Waals surface area contributed by atoms with Crippen LogP contribution < -0.4 is 4.74 Å². The van der Waals surface area contributed by atoms with Crippen LogP contribution in [0.4, 0.5) is 0 Å². The molecule has 1 aliphatic rings. The highest BCUT2D eigenvalue weighted by Gasteiger charge is 2.43. The van der Waals surface area contributed by atoms with E-state index in [1.54, 1.807) is 26.5 Å². The molecule has 3 atom stereocenters. The van der Waals surface area contributed by atoms with Crippen LogP contribution in [0.15, 0.2) is 18.3 Å². The second-order valence-electron chi connectivity index (χ2n) is 5.46. The third-order valence-electron chi connectivity index (χ3n) is 4.17. The Morgan fingerprint density at radius 3 is 2.89 bits per heavy atom. The van der Waals surface area contributed by atoms with E-state index >= 15 is 0 Å². The number of aliphatic hydroxyl groups is 1. The maximum atomic E-state index is 10.8. The van der Waals surface area contributed by atoms with Crippen molar-refractivity contribution >= 4 is 0 Å². The van der Waals surface area contributed by atoms with Crippen LogP contribution in [0.5, 0.6) is 5.75 Å². The number of nitrogens with zero attached hydrogens (tertiary/aromatic N) is 1. The first-order valence-corrected chi connectivity index (χ1v) is 6.85. The minimum absolute atomic E-state index is 0.542. The van der Waals surface area contributed by atoms with Crippen molar-refractivity contribution < 1.29 is 14.6 Å². The summed E-state index contributed by atoms with van der Waals surface area (Å²) in [6.07, 6.45) is 4.89. The lowest BCUT2D eigenvalue weighted by Gasteiger charge is -2.42. The topological polar surface area (TPSA) is 51.6 Å². The SMILES string of the molecule is COc1cccnc1C(O)C1(OC)CCCC(C)C1. The molecule has 1 aliphatic carbocycles. The molecule has 1 fully saturated rings. The van der Waals surface area contributed by atoms with Gasteiger partial charge in [-0.15, -0.1) is 0 Å². The van der Waals surface area contributed by atoms with Crippen molar-refractivity contribution in [3.8, 4) is 5.75 Å². The lowest BCUT2D eigenvalue weighted by molar-refractivity contribution is -0.135. The van der Waals surface area contributed by atoms with Crippen molar-refractivity contribution in [3.05, 3.63) is 24.0 Å². The van der Waals surface area contributed by atoms with Gasteiger partial charge in [-0.2, -0.15) is 0 Å². The average Bonchev–Trinajstić information content (AvgIpc) is 2.46. The summed E-state index contributed by atoms with van der Waals surface area (Å²) in [5, 5.41) is 10.8. The minimum atomic E-state index is -0.753. The van der Waals surface area contributed by atoms with Gasteiger partial charge in [0.15, 0.2) is 0 Å². The van der Waals surface area contributed by atoms with E-state index in [0.717, 1.165) is 19.3 Å². The van der Waals surface area contributed by atoms with Crippen LogP contribution >= 0.6 is 0 Å². The standard InChI is InChI=1S/C15H23NO3/c1-11-6-4-8-15(10-11,19-3)14(17)13-12(18-2)7-5-9-16-13/h5,7,9,11,14,17H,4,6,8,10H2,1-3H3. The predicted molar refractivity (Wildman–Crippen MR) is 73.1 cm³/mol. The van der Waals surface area contributed by atoms with E-state index in [-0.39, 0.29) is 0 Å². The van der Waals surface area contributed by atoms with Crippen molar-refractivity contribution in [2.24, 2.45) is 5.92 Å². The van der Waals surface area contributed by atoms with Gasteiger partial charge in [-0.25, -0.2) is 0 Å². The lowest BCUT2D eigenvalue weighted by atomic mass is 9.74. The molecule has 106 valence electrons. The molecule has 1 aromatic heterocycles. The number of methoxy groups -OCH3 is 2. The van der Waals surface area contributed by atoms with Crippen molar-refractivity contribution in [3.63, 3.8) is 0 Å². The number of rotatable bonds is 4. The van der Waals surface area contributed by atoms with E-state index in [2.05, 4.69) is 11.9 Å². The first-order valence-electron chi connectivity index (χ1n) is 6.85. The molecule has 1 aromatic rings. The molecule has 0 aromatic carbocycles. The summed E-state index contributed by atoms with van der Waals surface area (Å²) in [7, 11) is 3.27. The van der Waals surface area contributed by atoms with E-state index in [9.17, 15) is 5.11 Å². The van der Waals surface area contributed by atoms with Gasteiger partial charge >= 0.3 is 0 Å². The third kappa shape index (κ3) is 2.74. The number of aromatic nitrogens is 1. The van der Waals surface area contributed by atoms with Gasteiger partial charge in [0.25, 0.3) is 0 Å². The zero-order chi connectivity index (χ0) is 13.9. The van der Waals surface area contributed by atoms with E-state index in [0.29, 0.717) is 17.4 Å². The van der Waals surface area contributed by atoms with E-state index in [1.165, 1.54) is 6.42 Å². The first-order chi connectivity index (χ1) is 9.13. The summed E-state index contributed by atoms with van der Waals surface area (Å²) in [6.45, 7) is 2.20. The molecule has 0 amide bonds. The average molecular weight is 265 g/mol. The molecule has 4 heteroatoms. The summed E-state index contributed by atoms with van der Waals surface area (Å²) in [5.41, 5.74) is 0.0280. The molecular formula is C15H23NO3. The number of hydrogen-bond donors (Lipinski definition) is 1. The summed E-state index contributed by atoms with van der Waals surface area (Å²) in [6, 6.07) is 3.62. The van der Waals surface area contributed by atoms with Gasteiger partial charge in [0.05, 0.1) is 12.7 Å². The molecule has 0 spiro atoms. The van der Waals surface area contributed by atoms with Crippen LogP contribution in [0.25, 0.3) is 0 Å². The zero-order valence-corrected chi connectivity index (χ0v) is 11.9. The van der Waals surface area contributed by atoms with Crippen molar-refractivity contribution in [2.45, 2.75) is 44.3 Å². The van der Waals surface area contributed by atoms with Crippen molar-refractivity contribution in [1.82, 2.24) is 4.98 Å². The van der Waals surface area contributed by atoms with Crippen LogP contribution in [0.3, 0.4) is 0 Å². The Bertz CT molecular complexity index is 424. The van der Waals surface area contributed by atoms with Crippen molar-refractivity contribution in [1.29, 1.82) is 0 Å². The van der Waals surface area contributed by atoms with Gasteiger partial charge in [0, 0.05) is 13.3 Å². The molecular weight excluding hydrogens is 242 g/mol. The number of pyridine rings is 1. The molecule has 4 nitrogen and oxygen atoms in total. The Morgan fingerprint density at radius 1 is 1.47 bits per heavy atom. The smallest absolute Gasteiger partial charge is 0.143 e. The largest absolute Gasteiger partial charge is 0.495 e. The maximum absolute atomic E-state index is 10.8. The van der Waals surface area contributed by atoms with E-state index in [1.807, 2.05) is 6.07 Å². The van der Waals surface area contributed by atoms with Gasteiger partial charge in [0.1, 0.15) is 17.5 Å². The second-order valence-corrected chi connectivity index (χ2v) is 5.46. The highest BCUT2D eigenvalue weighted by Crippen LogP contribution is 2.44. The van der Waals surface area contributed by atoms with Gasteiger partial charge in [-0.3, -0.25) is 4.98 Å². The predicted octanol–water partition coefficient (Wildman–Crippen LogP) is 2.72. The number of aliphatic hydroxyl groups excluding tert-OH is 1. The summed E-state index contributed by atoms with van der Waals surface area (Å²) in [5.74, 6) is 1.17. The van der Waals surface area contributed by atoms with Crippen LogP contribution in [0.2, 0.25) is 0 Å². The normalized spacial score (nSPS) is 28.9. The Hall–Kier alpha value is -1.13. The summed E-state index contributed by atoms with van der Waals surface area (Å²) >= 11 is 0. The first kappa shape index (κ1) is 14.3. The van der Waals surface area contributed by atoms with Crippen LogP contribution in [0.1, 0.15) is 44.4 Å². The quantitative estimate of drug-likeness (QED) is 0.909. The fourth-order valence-electron chi connectivity index (χ4n) is 3.12. The molecule has 2 rings (SSSR count). The molecule has 0 aliphatic heterocycles. The summed E-state index contributed by atoms with van der Waals surface area (Å²) < 4.78 is 11.0. The molecule has 1 N–H and O–H groups in total. The monoisotopic (exact) mass is 265 g/mol. The van der Waals surface area contributed by atoms with Crippen molar-refractivity contribution in [2.75, 3.05) is 14.2 Å². The van der Waals surface area contributed by atoms with E-state index < -0.39 is 11.7 Å². The zero-order valence-electron chi connectivity index (χ0n) is 11.9. The van der Waals surface area contributed by atoms with E-state index in [4.69, 9.17) is 9.47 Å². The molecule has 1 saturated carbocycles. The second kappa shape index (κ2) is 5.88. The fourth-order valence-corrected chi connectivity index (χ4v) is 3.12. The highest BCUT2D eigenvalue weighted by molar-refractivity contribution is 5.30. The molecule has 0 saturated heterocycles. The number of ether oxygens (including phenoxy) is 2.